The first-order valence-electron chi connectivity index (χ1n) is 10.9. The molecule has 0 bridgehead atoms. The van der Waals surface area contributed by atoms with Gasteiger partial charge in [0.05, 0.1) is 5.75 Å². The third-order valence-corrected chi connectivity index (χ3v) is 7.05. The van der Waals surface area contributed by atoms with Crippen molar-refractivity contribution in [2.45, 2.75) is 64.9 Å². The van der Waals surface area contributed by atoms with Crippen LogP contribution in [-0.4, -0.2) is 34.6 Å². The zero-order valence-electron chi connectivity index (χ0n) is 19.2. The van der Waals surface area contributed by atoms with E-state index in [0.717, 1.165) is 12.2 Å². The summed E-state index contributed by atoms with van der Waals surface area (Å²) in [5.41, 5.74) is 3.02. The van der Waals surface area contributed by atoms with Gasteiger partial charge >= 0.3 is 0 Å². The molecule has 0 unspecified atom stereocenters. The average molecular weight is 496 g/mol. The van der Waals surface area contributed by atoms with Crippen LogP contribution in [0, 0.1) is 6.92 Å². The largest absolute Gasteiger partial charge is 0.352 e. The summed E-state index contributed by atoms with van der Waals surface area (Å²) in [5, 5.41) is 3.99. The summed E-state index contributed by atoms with van der Waals surface area (Å²) in [6.07, 6.45) is 1.32. The van der Waals surface area contributed by atoms with Crippen LogP contribution in [-0.2, 0) is 21.9 Å². The number of benzene rings is 2. The second-order valence-corrected chi connectivity index (χ2v) is 9.75. The van der Waals surface area contributed by atoms with Crippen molar-refractivity contribution in [1.82, 2.24) is 10.2 Å². The van der Waals surface area contributed by atoms with E-state index in [1.165, 1.54) is 22.9 Å². The molecule has 7 heteroatoms. The molecule has 2 aromatic carbocycles. The summed E-state index contributed by atoms with van der Waals surface area (Å²) < 4.78 is 0. The van der Waals surface area contributed by atoms with E-state index in [2.05, 4.69) is 30.4 Å². The molecule has 0 saturated heterocycles. The Kier molecular flexibility index (Phi) is 10.9. The van der Waals surface area contributed by atoms with Gasteiger partial charge in [0.1, 0.15) is 6.04 Å². The van der Waals surface area contributed by atoms with Gasteiger partial charge in [-0.05, 0) is 44.4 Å². The van der Waals surface area contributed by atoms with Crippen molar-refractivity contribution in [2.24, 2.45) is 0 Å². The predicted molar refractivity (Wildman–Crippen MR) is 136 cm³/mol. The number of carbonyl (C=O) groups is 2. The second kappa shape index (κ2) is 13.1. The van der Waals surface area contributed by atoms with Crippen molar-refractivity contribution in [3.63, 3.8) is 0 Å². The van der Waals surface area contributed by atoms with E-state index in [9.17, 15) is 9.59 Å². The average Bonchev–Trinajstić information content (AvgIpc) is 2.75. The molecule has 4 nitrogen and oxygen atoms in total. The van der Waals surface area contributed by atoms with Crippen molar-refractivity contribution in [3.05, 3.63) is 69.2 Å². The van der Waals surface area contributed by atoms with Gasteiger partial charge in [-0.1, -0.05) is 72.9 Å². The summed E-state index contributed by atoms with van der Waals surface area (Å²) in [5.74, 6) is 0.736. The zero-order chi connectivity index (χ0) is 23.7. The van der Waals surface area contributed by atoms with Gasteiger partial charge in [-0.25, -0.2) is 0 Å². The number of hydrogen-bond acceptors (Lipinski definition) is 3. The molecule has 174 valence electrons. The molecular weight excluding hydrogens is 463 g/mol. The first-order valence-corrected chi connectivity index (χ1v) is 12.8. The smallest absolute Gasteiger partial charge is 0.243 e. The van der Waals surface area contributed by atoms with Crippen LogP contribution in [0.2, 0.25) is 10.0 Å². The highest BCUT2D eigenvalue weighted by molar-refractivity contribution is 7.99. The Balaban J connectivity index is 2.21. The van der Waals surface area contributed by atoms with Gasteiger partial charge in [0, 0.05) is 33.9 Å². The number of hydrogen-bond donors (Lipinski definition) is 1. The molecule has 0 aliphatic heterocycles. The highest BCUT2D eigenvalue weighted by Crippen LogP contribution is 2.27. The molecule has 2 amide bonds. The number of rotatable bonds is 11. The molecule has 2 aromatic rings. The van der Waals surface area contributed by atoms with Crippen LogP contribution in [0.25, 0.3) is 0 Å². The van der Waals surface area contributed by atoms with E-state index in [0.29, 0.717) is 22.0 Å². The van der Waals surface area contributed by atoms with Gasteiger partial charge in [0.15, 0.2) is 0 Å². The van der Waals surface area contributed by atoms with Crippen LogP contribution in [0.3, 0.4) is 0 Å². The quantitative estimate of drug-likeness (QED) is 0.401. The van der Waals surface area contributed by atoms with Crippen LogP contribution in [0.1, 0.15) is 50.3 Å². The van der Waals surface area contributed by atoms with Crippen LogP contribution < -0.4 is 5.32 Å². The Morgan fingerprint density at radius 2 is 1.72 bits per heavy atom. The van der Waals surface area contributed by atoms with Crippen LogP contribution in [0.5, 0.6) is 0 Å². The summed E-state index contributed by atoms with van der Waals surface area (Å²) in [6, 6.07) is 13.0. The normalized spacial score (nSPS) is 12.8. The number of halogens is 2. The maximum Gasteiger partial charge on any atom is 0.243 e. The van der Waals surface area contributed by atoms with Gasteiger partial charge < -0.3 is 10.2 Å². The van der Waals surface area contributed by atoms with Crippen molar-refractivity contribution in [3.8, 4) is 0 Å². The van der Waals surface area contributed by atoms with Crippen molar-refractivity contribution in [1.29, 1.82) is 0 Å². The Morgan fingerprint density at radius 1 is 1.06 bits per heavy atom. The van der Waals surface area contributed by atoms with E-state index in [1.54, 1.807) is 23.1 Å². The fourth-order valence-corrected chi connectivity index (χ4v) is 4.73. The van der Waals surface area contributed by atoms with E-state index < -0.39 is 6.04 Å². The first kappa shape index (κ1) is 26.6. The highest BCUT2D eigenvalue weighted by atomic mass is 35.5. The van der Waals surface area contributed by atoms with Gasteiger partial charge in [-0.3, -0.25) is 9.59 Å². The van der Waals surface area contributed by atoms with Gasteiger partial charge in [0.2, 0.25) is 11.8 Å². The molecule has 0 aliphatic rings. The van der Waals surface area contributed by atoms with Crippen molar-refractivity contribution in [2.75, 3.05) is 5.75 Å². The minimum absolute atomic E-state index is 0.0353. The topological polar surface area (TPSA) is 49.4 Å². The van der Waals surface area contributed by atoms with Gasteiger partial charge in [-0.2, -0.15) is 0 Å². The SMILES string of the molecule is CC[C@H](C)NC(=O)[C@H](CC)N(Cc1c(Cl)cccc1Cl)C(=O)CSCc1cccc(C)c1. The predicted octanol–water partition coefficient (Wildman–Crippen LogP) is 6.26. The lowest BCUT2D eigenvalue weighted by atomic mass is 10.1. The molecule has 0 radical (unpaired) electrons. The standard InChI is InChI=1S/C25H32Cl2N2O2S/c1-5-18(4)28-25(31)23(6-2)29(14-20-21(26)11-8-12-22(20)27)24(30)16-32-15-19-10-7-9-17(3)13-19/h7-13,18,23H,5-6,14-16H2,1-4H3,(H,28,31)/t18-,23-/m0/s1. The zero-order valence-corrected chi connectivity index (χ0v) is 21.5. The molecular formula is C25H32Cl2N2O2S. The summed E-state index contributed by atoms with van der Waals surface area (Å²) in [7, 11) is 0. The molecule has 2 rings (SSSR count). The van der Waals surface area contributed by atoms with E-state index in [1.807, 2.05) is 26.8 Å². The first-order chi connectivity index (χ1) is 15.3. The van der Waals surface area contributed by atoms with Gasteiger partial charge in [-0.15, -0.1) is 11.8 Å². The maximum atomic E-state index is 13.3. The molecule has 0 fully saturated rings. The Bertz CT molecular complexity index is 902. The van der Waals surface area contributed by atoms with Gasteiger partial charge in [0.25, 0.3) is 0 Å². The van der Waals surface area contributed by atoms with Crippen molar-refractivity contribution < 1.29 is 9.59 Å². The highest BCUT2D eigenvalue weighted by Gasteiger charge is 2.30. The Labute approximate surface area is 206 Å². The van der Waals surface area contributed by atoms with E-state index in [4.69, 9.17) is 23.2 Å². The third-order valence-electron chi connectivity index (χ3n) is 5.35. The van der Waals surface area contributed by atoms with Crippen LogP contribution >= 0.6 is 35.0 Å². The summed E-state index contributed by atoms with van der Waals surface area (Å²) in [6.45, 7) is 8.12. The lowest BCUT2D eigenvalue weighted by Crippen LogP contribution is -2.51. The number of amides is 2. The van der Waals surface area contributed by atoms with E-state index in [-0.39, 0.29) is 30.2 Å². The number of nitrogens with zero attached hydrogens (tertiary/aromatic N) is 1. The van der Waals surface area contributed by atoms with Crippen molar-refractivity contribution >= 4 is 46.8 Å². The number of aryl methyl sites for hydroxylation is 1. The second-order valence-electron chi connectivity index (χ2n) is 7.95. The summed E-state index contributed by atoms with van der Waals surface area (Å²) >= 11 is 14.3. The lowest BCUT2D eigenvalue weighted by molar-refractivity contribution is -0.139. The molecule has 0 aliphatic carbocycles. The number of carbonyl (C=O) groups excluding carboxylic acids is 2. The molecule has 1 N–H and O–H groups in total. The lowest BCUT2D eigenvalue weighted by Gasteiger charge is -2.32. The fourth-order valence-electron chi connectivity index (χ4n) is 3.36. The molecule has 0 aromatic heterocycles. The Hall–Kier alpha value is -1.69. The monoisotopic (exact) mass is 494 g/mol. The number of nitrogens with one attached hydrogen (secondary N) is 1. The minimum atomic E-state index is -0.594. The van der Waals surface area contributed by atoms with E-state index >= 15 is 0 Å². The number of thioether (sulfide) groups is 1. The molecule has 2 atom stereocenters. The fraction of sp³-hybridized carbons (Fsp3) is 0.440. The third kappa shape index (κ3) is 7.72. The molecule has 0 saturated carbocycles. The molecule has 0 spiro atoms. The molecule has 0 heterocycles. The Morgan fingerprint density at radius 3 is 2.31 bits per heavy atom. The van der Waals surface area contributed by atoms with Crippen LogP contribution in [0.4, 0.5) is 0 Å². The minimum Gasteiger partial charge on any atom is -0.352 e. The molecule has 32 heavy (non-hydrogen) atoms. The summed E-state index contributed by atoms with van der Waals surface area (Å²) in [4.78, 5) is 28.0. The maximum absolute atomic E-state index is 13.3. The van der Waals surface area contributed by atoms with Crippen LogP contribution in [0.15, 0.2) is 42.5 Å².